The third-order valence-corrected chi connectivity index (χ3v) is 4.68. The van der Waals surface area contributed by atoms with Crippen LogP contribution in [0.1, 0.15) is 33.2 Å². The van der Waals surface area contributed by atoms with E-state index >= 15 is 0 Å². The summed E-state index contributed by atoms with van der Waals surface area (Å²) in [6, 6.07) is 18.2. The number of aliphatic hydroxyl groups excluding tert-OH is 1. The molecule has 3 aromatic rings. The van der Waals surface area contributed by atoms with Crippen LogP contribution < -0.4 is 20.2 Å². The number of aliphatic hydroxyl groups is 1. The molecule has 0 unspecified atom stereocenters. The minimum absolute atomic E-state index is 0.118. The van der Waals surface area contributed by atoms with Gasteiger partial charge in [0.25, 0.3) is 11.8 Å². The van der Waals surface area contributed by atoms with Gasteiger partial charge in [0.05, 0.1) is 25.5 Å². The van der Waals surface area contributed by atoms with Crippen molar-refractivity contribution < 1.29 is 29.3 Å². The molecule has 178 valence electrons. The maximum absolute atomic E-state index is 12.5. The number of carbonyl (C=O) groups is 2. The number of nitrogens with one attached hydrogen (secondary N) is 2. The minimum atomic E-state index is -0.513. The smallest absolute Gasteiger partial charge is 0.275 e. The lowest BCUT2D eigenvalue weighted by atomic mass is 10.1. The van der Waals surface area contributed by atoms with Gasteiger partial charge in [-0.15, -0.1) is 0 Å². The number of aromatic hydroxyl groups is 1. The number of methoxy groups -OCH3 is 2. The zero-order valence-corrected chi connectivity index (χ0v) is 19.3. The standard InChI is InChI=1S/C24H23N3O5.CH4O/c1-15(26-27-24(30)19-6-4-5-7-20(19)28)16-8-11-18(12-9-16)25-23(29)17-10-13-21(31-2)22(14-17)32-3;1-2/h4-14,28H,1-3H3,(H,25,29)(H,27,30);2H,1H3. The number of benzene rings is 3. The van der Waals surface area contributed by atoms with Gasteiger partial charge in [-0.3, -0.25) is 9.59 Å². The second-order valence-electron chi connectivity index (χ2n) is 6.76. The molecule has 34 heavy (non-hydrogen) atoms. The first kappa shape index (κ1) is 25.9. The van der Waals surface area contributed by atoms with E-state index in [1.807, 2.05) is 0 Å². The normalized spacial score (nSPS) is 10.4. The van der Waals surface area contributed by atoms with Crippen LogP contribution in [0.4, 0.5) is 5.69 Å². The lowest BCUT2D eigenvalue weighted by Crippen LogP contribution is -2.19. The Bertz CT molecular complexity index is 1160. The monoisotopic (exact) mass is 465 g/mol. The molecule has 0 bridgehead atoms. The molecule has 0 fully saturated rings. The number of hydrogen-bond donors (Lipinski definition) is 4. The Kier molecular flexibility index (Phi) is 9.60. The molecule has 0 spiro atoms. The highest BCUT2D eigenvalue weighted by atomic mass is 16.5. The molecule has 2 amide bonds. The molecule has 9 heteroatoms. The quantitative estimate of drug-likeness (QED) is 0.313. The average molecular weight is 466 g/mol. The van der Waals surface area contributed by atoms with Gasteiger partial charge in [0.15, 0.2) is 11.5 Å². The number of hydrogen-bond acceptors (Lipinski definition) is 7. The largest absolute Gasteiger partial charge is 0.507 e. The number of ether oxygens (including phenoxy) is 2. The third-order valence-electron chi connectivity index (χ3n) is 4.68. The van der Waals surface area contributed by atoms with Crippen molar-refractivity contribution in [3.05, 3.63) is 83.4 Å². The molecule has 3 aromatic carbocycles. The Morgan fingerprint density at radius 3 is 2.06 bits per heavy atom. The average Bonchev–Trinajstić information content (AvgIpc) is 2.88. The molecule has 4 N–H and O–H groups in total. The van der Waals surface area contributed by atoms with Crippen molar-refractivity contribution in [1.29, 1.82) is 0 Å². The van der Waals surface area contributed by atoms with Crippen molar-refractivity contribution >= 4 is 23.2 Å². The highest BCUT2D eigenvalue weighted by Crippen LogP contribution is 2.28. The number of hydrazone groups is 1. The third kappa shape index (κ3) is 6.57. The highest BCUT2D eigenvalue weighted by Gasteiger charge is 2.12. The van der Waals surface area contributed by atoms with Crippen LogP contribution in [0.25, 0.3) is 0 Å². The van der Waals surface area contributed by atoms with Gasteiger partial charge >= 0.3 is 0 Å². The summed E-state index contributed by atoms with van der Waals surface area (Å²) in [5.74, 6) is 0.0821. The molecule has 0 saturated carbocycles. The lowest BCUT2D eigenvalue weighted by Gasteiger charge is -2.10. The van der Waals surface area contributed by atoms with Crippen molar-refractivity contribution in [2.45, 2.75) is 6.92 Å². The summed E-state index contributed by atoms with van der Waals surface area (Å²) in [4.78, 5) is 24.7. The number of amides is 2. The zero-order chi connectivity index (χ0) is 25.1. The second-order valence-corrected chi connectivity index (χ2v) is 6.76. The first-order valence-electron chi connectivity index (χ1n) is 10.1. The van der Waals surface area contributed by atoms with Gasteiger partial charge in [-0.25, -0.2) is 5.43 Å². The van der Waals surface area contributed by atoms with Gasteiger partial charge in [0.1, 0.15) is 5.75 Å². The number of carbonyl (C=O) groups excluding carboxylic acids is 2. The topological polar surface area (TPSA) is 129 Å². The fourth-order valence-electron chi connectivity index (χ4n) is 2.90. The Morgan fingerprint density at radius 2 is 1.44 bits per heavy atom. The number of para-hydroxylation sites is 1. The van der Waals surface area contributed by atoms with Crippen molar-refractivity contribution in [2.75, 3.05) is 26.6 Å². The van der Waals surface area contributed by atoms with E-state index in [4.69, 9.17) is 14.6 Å². The lowest BCUT2D eigenvalue weighted by molar-refractivity contribution is 0.0951. The first-order chi connectivity index (χ1) is 16.4. The van der Waals surface area contributed by atoms with Crippen LogP contribution in [0.15, 0.2) is 71.8 Å². The Labute approximate surface area is 197 Å². The number of rotatable bonds is 7. The maximum atomic E-state index is 12.5. The SMILES string of the molecule is CO.COc1ccc(C(=O)Nc2ccc(C(C)=NNC(=O)c3ccccc3O)cc2)cc1OC. The predicted molar refractivity (Wildman–Crippen MR) is 130 cm³/mol. The first-order valence-corrected chi connectivity index (χ1v) is 10.1. The fraction of sp³-hybridized carbons (Fsp3) is 0.160. The van der Waals surface area contributed by atoms with Gasteiger partial charge in [-0.05, 0) is 55.0 Å². The molecule has 0 aromatic heterocycles. The van der Waals surface area contributed by atoms with Crippen LogP contribution in [0.2, 0.25) is 0 Å². The van der Waals surface area contributed by atoms with Crippen LogP contribution in [-0.4, -0.2) is 49.1 Å². The Balaban J connectivity index is 0.00000199. The van der Waals surface area contributed by atoms with Crippen LogP contribution in [0, 0.1) is 0 Å². The summed E-state index contributed by atoms with van der Waals surface area (Å²) >= 11 is 0. The van der Waals surface area contributed by atoms with Crippen molar-refractivity contribution in [3.8, 4) is 17.2 Å². The van der Waals surface area contributed by atoms with Gasteiger partial charge in [0.2, 0.25) is 0 Å². The number of phenols is 1. The van der Waals surface area contributed by atoms with E-state index in [2.05, 4.69) is 15.8 Å². The summed E-state index contributed by atoms with van der Waals surface area (Å²) in [7, 11) is 4.04. The molecule has 0 aliphatic rings. The summed E-state index contributed by atoms with van der Waals surface area (Å²) < 4.78 is 10.4. The van der Waals surface area contributed by atoms with Gasteiger partial charge in [0, 0.05) is 18.4 Å². The number of phenolic OH excluding ortho intramolecular Hbond substituents is 1. The van der Waals surface area contributed by atoms with Gasteiger partial charge in [-0.1, -0.05) is 24.3 Å². The molecule has 0 saturated heterocycles. The molecule has 9 nitrogen and oxygen atoms in total. The molecule has 0 atom stereocenters. The van der Waals surface area contributed by atoms with Gasteiger partial charge < -0.3 is 25.0 Å². The molecule has 0 aliphatic carbocycles. The summed E-state index contributed by atoms with van der Waals surface area (Å²) in [5, 5.41) is 23.6. The molecule has 3 rings (SSSR count). The van der Waals surface area contributed by atoms with E-state index in [1.165, 1.54) is 26.4 Å². The minimum Gasteiger partial charge on any atom is -0.507 e. The summed E-state index contributed by atoms with van der Waals surface area (Å²) in [6.07, 6.45) is 0. The summed E-state index contributed by atoms with van der Waals surface area (Å²) in [6.45, 7) is 1.74. The second kappa shape index (κ2) is 12.6. The highest BCUT2D eigenvalue weighted by molar-refractivity contribution is 6.05. The molecular weight excluding hydrogens is 438 g/mol. The van der Waals surface area contributed by atoms with Crippen LogP contribution in [0.3, 0.4) is 0 Å². The predicted octanol–water partition coefficient (Wildman–Crippen LogP) is 3.42. The van der Waals surface area contributed by atoms with E-state index in [-0.39, 0.29) is 17.2 Å². The van der Waals surface area contributed by atoms with Crippen molar-refractivity contribution in [3.63, 3.8) is 0 Å². The molecule has 0 radical (unpaired) electrons. The Morgan fingerprint density at radius 1 is 0.824 bits per heavy atom. The van der Waals surface area contributed by atoms with E-state index in [0.717, 1.165) is 12.7 Å². The van der Waals surface area contributed by atoms with E-state index < -0.39 is 5.91 Å². The maximum Gasteiger partial charge on any atom is 0.275 e. The molecular formula is C25H27N3O6. The molecule has 0 heterocycles. The van der Waals surface area contributed by atoms with Gasteiger partial charge in [-0.2, -0.15) is 5.10 Å². The van der Waals surface area contributed by atoms with Crippen LogP contribution in [0.5, 0.6) is 17.2 Å². The number of anilines is 1. The van der Waals surface area contributed by atoms with Crippen LogP contribution >= 0.6 is 0 Å². The van der Waals surface area contributed by atoms with E-state index in [0.29, 0.717) is 28.5 Å². The van der Waals surface area contributed by atoms with E-state index in [1.54, 1.807) is 61.5 Å². The summed E-state index contributed by atoms with van der Waals surface area (Å²) in [5.41, 5.74) is 4.90. The Hall–Kier alpha value is -4.37. The zero-order valence-electron chi connectivity index (χ0n) is 19.3. The van der Waals surface area contributed by atoms with Crippen LogP contribution in [-0.2, 0) is 0 Å². The fourth-order valence-corrected chi connectivity index (χ4v) is 2.90. The van der Waals surface area contributed by atoms with Crippen molar-refractivity contribution in [2.24, 2.45) is 5.10 Å². The molecule has 0 aliphatic heterocycles. The van der Waals surface area contributed by atoms with Crippen molar-refractivity contribution in [1.82, 2.24) is 5.43 Å². The van der Waals surface area contributed by atoms with E-state index in [9.17, 15) is 14.7 Å². The number of nitrogens with zero attached hydrogens (tertiary/aromatic N) is 1.